The molecule has 0 bridgehead atoms. The van der Waals surface area contributed by atoms with Crippen LogP contribution in [0, 0.1) is 0 Å². The molecule has 0 N–H and O–H groups in total. The zero-order valence-corrected chi connectivity index (χ0v) is 8.15. The van der Waals surface area contributed by atoms with Crippen LogP contribution < -0.4 is 5.56 Å². The Balaban J connectivity index is 2.27. The number of aromatic nitrogens is 2. The summed E-state index contributed by atoms with van der Waals surface area (Å²) in [5.41, 5.74) is 0.746. The second kappa shape index (κ2) is 4.31. The number of nitrogens with zero attached hydrogens (tertiary/aromatic N) is 2. The molecule has 0 aromatic carbocycles. The zero-order valence-electron chi connectivity index (χ0n) is 8.15. The summed E-state index contributed by atoms with van der Waals surface area (Å²) >= 11 is 0. The van der Waals surface area contributed by atoms with Gasteiger partial charge in [0.05, 0.1) is 0 Å². The standard InChI is InChI=1S/C11H14N2O/c14-11-8-10(12-6-7-13-11)9-4-2-1-3-5-9/h6-9H,1-5H2. The highest BCUT2D eigenvalue weighted by Crippen LogP contribution is 2.30. The summed E-state index contributed by atoms with van der Waals surface area (Å²) in [6.07, 6.45) is 9.24. The van der Waals surface area contributed by atoms with Crippen molar-refractivity contribution in [3.8, 4) is 0 Å². The molecular formula is C11H14N2O. The van der Waals surface area contributed by atoms with Gasteiger partial charge in [-0.2, -0.15) is 0 Å². The topological polar surface area (TPSA) is 42.9 Å². The summed E-state index contributed by atoms with van der Waals surface area (Å²) in [4.78, 5) is 19.1. The fraction of sp³-hybridized carbons (Fsp3) is 0.545. The van der Waals surface area contributed by atoms with Crippen LogP contribution in [0.3, 0.4) is 0 Å². The predicted molar refractivity (Wildman–Crippen MR) is 54.1 cm³/mol. The van der Waals surface area contributed by atoms with Gasteiger partial charge in [0.25, 0.3) is 5.56 Å². The molecule has 3 nitrogen and oxygen atoms in total. The third kappa shape index (κ3) is 2.16. The van der Waals surface area contributed by atoms with Gasteiger partial charge in [-0.25, -0.2) is 4.98 Å². The summed E-state index contributed by atoms with van der Waals surface area (Å²) in [6.45, 7) is 0. The Labute approximate surface area is 83.2 Å². The van der Waals surface area contributed by atoms with E-state index >= 15 is 0 Å². The highest BCUT2D eigenvalue weighted by Gasteiger charge is 2.16. The van der Waals surface area contributed by atoms with Crippen molar-refractivity contribution >= 4 is 0 Å². The Kier molecular flexibility index (Phi) is 2.87. The minimum atomic E-state index is -0.178. The van der Waals surface area contributed by atoms with Gasteiger partial charge in [-0.15, -0.1) is 0 Å². The molecule has 0 atom stereocenters. The Morgan fingerprint density at radius 1 is 1.07 bits per heavy atom. The van der Waals surface area contributed by atoms with Crippen LogP contribution in [-0.4, -0.2) is 9.97 Å². The molecule has 1 saturated carbocycles. The molecule has 1 aromatic heterocycles. The van der Waals surface area contributed by atoms with Crippen LogP contribution >= 0.6 is 0 Å². The van der Waals surface area contributed by atoms with Gasteiger partial charge in [-0.1, -0.05) is 19.3 Å². The van der Waals surface area contributed by atoms with Gasteiger partial charge < -0.3 is 0 Å². The molecule has 0 saturated heterocycles. The molecule has 1 aromatic rings. The average Bonchev–Trinajstić information content (AvgIpc) is 2.44. The molecule has 2 rings (SSSR count). The van der Waals surface area contributed by atoms with Crippen LogP contribution in [0.4, 0.5) is 0 Å². The Bertz CT molecular complexity index is 358. The van der Waals surface area contributed by atoms with E-state index in [1.807, 2.05) is 0 Å². The molecule has 1 aliphatic rings. The van der Waals surface area contributed by atoms with Crippen molar-refractivity contribution in [2.45, 2.75) is 38.0 Å². The fourth-order valence-corrected chi connectivity index (χ4v) is 2.05. The lowest BCUT2D eigenvalue weighted by molar-refractivity contribution is 0.437. The second-order valence-electron chi connectivity index (χ2n) is 3.80. The summed E-state index contributed by atoms with van der Waals surface area (Å²) in [5.74, 6) is 0.477. The van der Waals surface area contributed by atoms with Crippen molar-refractivity contribution in [1.82, 2.24) is 9.97 Å². The van der Waals surface area contributed by atoms with E-state index in [0.717, 1.165) is 18.5 Å². The maximum absolute atomic E-state index is 11.2. The van der Waals surface area contributed by atoms with Gasteiger partial charge in [0.2, 0.25) is 0 Å². The smallest absolute Gasteiger partial charge is 0.267 e. The summed E-state index contributed by atoms with van der Waals surface area (Å²) in [6, 6.07) is 1.58. The number of hydrogen-bond acceptors (Lipinski definition) is 3. The van der Waals surface area contributed by atoms with Gasteiger partial charge in [0, 0.05) is 30.1 Å². The van der Waals surface area contributed by atoms with Crippen LogP contribution in [-0.2, 0) is 0 Å². The first-order chi connectivity index (χ1) is 6.86. The third-order valence-electron chi connectivity index (χ3n) is 2.79. The molecule has 74 valence electrons. The largest absolute Gasteiger partial charge is 0.271 e. The van der Waals surface area contributed by atoms with Crippen molar-refractivity contribution in [2.24, 2.45) is 0 Å². The molecule has 1 fully saturated rings. The van der Waals surface area contributed by atoms with Crippen LogP contribution in [0.2, 0.25) is 0 Å². The Morgan fingerprint density at radius 2 is 1.79 bits per heavy atom. The highest BCUT2D eigenvalue weighted by atomic mass is 16.1. The van der Waals surface area contributed by atoms with Crippen molar-refractivity contribution in [2.75, 3.05) is 0 Å². The van der Waals surface area contributed by atoms with Crippen LogP contribution in [0.1, 0.15) is 43.7 Å². The van der Waals surface area contributed by atoms with E-state index in [4.69, 9.17) is 0 Å². The highest BCUT2D eigenvalue weighted by molar-refractivity contribution is 5.06. The van der Waals surface area contributed by atoms with Crippen LogP contribution in [0.5, 0.6) is 0 Å². The summed E-state index contributed by atoms with van der Waals surface area (Å²) < 4.78 is 0. The minimum absolute atomic E-state index is 0.178. The van der Waals surface area contributed by atoms with Crippen LogP contribution in [0.15, 0.2) is 23.3 Å². The average molecular weight is 190 g/mol. The molecule has 0 spiro atoms. The first-order valence-electron chi connectivity index (χ1n) is 5.18. The maximum atomic E-state index is 11.2. The molecule has 0 unspecified atom stereocenters. The first kappa shape index (κ1) is 9.31. The molecule has 1 aliphatic carbocycles. The molecule has 0 aliphatic heterocycles. The van der Waals surface area contributed by atoms with Crippen molar-refractivity contribution in [1.29, 1.82) is 0 Å². The minimum Gasteiger partial charge on any atom is -0.267 e. The SMILES string of the molecule is O=c1cc(C2CCCCC2)nccn1. The first-order valence-corrected chi connectivity index (χ1v) is 5.18. The van der Waals surface area contributed by atoms with Gasteiger partial charge in [0.15, 0.2) is 0 Å². The van der Waals surface area contributed by atoms with E-state index in [-0.39, 0.29) is 5.56 Å². The lowest BCUT2D eigenvalue weighted by atomic mass is 9.87. The van der Waals surface area contributed by atoms with Gasteiger partial charge >= 0.3 is 0 Å². The Hall–Kier alpha value is -1.25. The summed E-state index contributed by atoms with van der Waals surface area (Å²) in [5, 5.41) is 0. The molecule has 1 heterocycles. The molecule has 3 heteroatoms. The molecule has 14 heavy (non-hydrogen) atoms. The summed E-state index contributed by atoms with van der Waals surface area (Å²) in [7, 11) is 0. The molecular weight excluding hydrogens is 176 g/mol. The van der Waals surface area contributed by atoms with E-state index in [9.17, 15) is 4.79 Å². The quantitative estimate of drug-likeness (QED) is 0.679. The monoisotopic (exact) mass is 190 g/mol. The van der Waals surface area contributed by atoms with E-state index < -0.39 is 0 Å². The predicted octanol–water partition coefficient (Wildman–Crippen LogP) is 1.88. The third-order valence-corrected chi connectivity index (χ3v) is 2.79. The van der Waals surface area contributed by atoms with Crippen molar-refractivity contribution in [3.05, 3.63) is 34.5 Å². The molecule has 0 radical (unpaired) electrons. The lowest BCUT2D eigenvalue weighted by Crippen LogP contribution is -2.08. The molecule has 0 amide bonds. The zero-order chi connectivity index (χ0) is 9.80. The second-order valence-corrected chi connectivity index (χ2v) is 3.80. The van der Waals surface area contributed by atoms with Crippen molar-refractivity contribution in [3.63, 3.8) is 0 Å². The Morgan fingerprint density at radius 3 is 2.57 bits per heavy atom. The van der Waals surface area contributed by atoms with Crippen molar-refractivity contribution < 1.29 is 0 Å². The lowest BCUT2D eigenvalue weighted by Gasteiger charge is -2.19. The van der Waals surface area contributed by atoms with E-state index in [2.05, 4.69) is 9.97 Å². The van der Waals surface area contributed by atoms with E-state index in [1.165, 1.54) is 25.5 Å². The number of rotatable bonds is 1. The van der Waals surface area contributed by atoms with Crippen LogP contribution in [0.25, 0.3) is 0 Å². The van der Waals surface area contributed by atoms with E-state index in [1.54, 1.807) is 12.3 Å². The van der Waals surface area contributed by atoms with Gasteiger partial charge in [0.1, 0.15) is 0 Å². The number of hydrogen-bond donors (Lipinski definition) is 0. The normalized spacial score (nSPS) is 18.0. The van der Waals surface area contributed by atoms with Gasteiger partial charge in [-0.05, 0) is 12.8 Å². The van der Waals surface area contributed by atoms with Gasteiger partial charge in [-0.3, -0.25) is 9.78 Å². The van der Waals surface area contributed by atoms with E-state index in [0.29, 0.717) is 5.92 Å². The maximum Gasteiger partial charge on any atom is 0.271 e. The fourth-order valence-electron chi connectivity index (χ4n) is 2.05.